The van der Waals surface area contributed by atoms with Crippen molar-refractivity contribution in [1.82, 2.24) is 0 Å². The van der Waals surface area contributed by atoms with Crippen LogP contribution in [-0.4, -0.2) is 12.6 Å². The molecule has 0 radical (unpaired) electrons. The molecule has 1 atom stereocenters. The van der Waals surface area contributed by atoms with Crippen molar-refractivity contribution in [2.45, 2.75) is 12.5 Å². The average Bonchev–Trinajstić information content (AvgIpc) is 2.59. The predicted molar refractivity (Wildman–Crippen MR) is 95.1 cm³/mol. The lowest BCUT2D eigenvalue weighted by atomic mass is 9.96. The molecule has 1 heterocycles. The Kier molecular flexibility index (Phi) is 5.30. The van der Waals surface area contributed by atoms with Gasteiger partial charge >= 0.3 is 0 Å². The average molecular weight is 410 g/mol. The highest BCUT2D eigenvalue weighted by Gasteiger charge is 2.18. The van der Waals surface area contributed by atoms with E-state index >= 15 is 0 Å². The maximum atomic E-state index is 12.0. The molecule has 6 heteroatoms. The SMILES string of the molecule is Fc1ccc(F)c(F)c1.NC1COc2ccc3ccc(Br)cc3c2C1. The first-order valence-corrected chi connectivity index (χ1v) is 8.43. The number of nitrogens with two attached hydrogens (primary N) is 1. The second-order valence-corrected chi connectivity index (χ2v) is 6.66. The van der Waals surface area contributed by atoms with Crippen LogP contribution in [0.15, 0.2) is 53.0 Å². The van der Waals surface area contributed by atoms with Crippen LogP contribution in [0.5, 0.6) is 5.75 Å². The fourth-order valence-electron chi connectivity index (χ4n) is 2.67. The van der Waals surface area contributed by atoms with Crippen LogP contribution in [0.2, 0.25) is 0 Å². The van der Waals surface area contributed by atoms with Crippen LogP contribution < -0.4 is 10.5 Å². The van der Waals surface area contributed by atoms with Crippen molar-refractivity contribution in [3.05, 3.63) is 76.0 Å². The van der Waals surface area contributed by atoms with Crippen molar-refractivity contribution < 1.29 is 17.9 Å². The van der Waals surface area contributed by atoms with E-state index in [1.807, 2.05) is 6.07 Å². The molecule has 3 aromatic carbocycles. The van der Waals surface area contributed by atoms with Crippen LogP contribution in [0, 0.1) is 17.5 Å². The van der Waals surface area contributed by atoms with E-state index in [-0.39, 0.29) is 6.04 Å². The molecule has 0 bridgehead atoms. The summed E-state index contributed by atoms with van der Waals surface area (Å²) in [6.07, 6.45) is 0.892. The van der Waals surface area contributed by atoms with E-state index in [4.69, 9.17) is 10.5 Å². The Morgan fingerprint density at radius 2 is 1.72 bits per heavy atom. The van der Waals surface area contributed by atoms with E-state index in [9.17, 15) is 13.2 Å². The largest absolute Gasteiger partial charge is 0.492 e. The topological polar surface area (TPSA) is 35.2 Å². The third-order valence-corrected chi connectivity index (χ3v) is 4.35. The standard InChI is InChI=1S/C13H12BrNO.C6H3F3/c14-9-3-1-8-2-4-13-12(11(8)5-9)6-10(15)7-16-13;7-4-1-2-5(8)6(9)3-4/h1-5,10H,6-7,15H2;1-3H. The van der Waals surface area contributed by atoms with Crippen molar-refractivity contribution >= 4 is 26.7 Å². The first-order chi connectivity index (χ1) is 11.9. The summed E-state index contributed by atoms with van der Waals surface area (Å²) in [6, 6.07) is 12.6. The maximum absolute atomic E-state index is 12.0. The van der Waals surface area contributed by atoms with Gasteiger partial charge in [-0.1, -0.05) is 28.1 Å². The summed E-state index contributed by atoms with van der Waals surface area (Å²) in [4.78, 5) is 0. The lowest BCUT2D eigenvalue weighted by Crippen LogP contribution is -2.33. The molecule has 1 unspecified atom stereocenters. The zero-order chi connectivity index (χ0) is 18.0. The Bertz CT molecular complexity index is 917. The van der Waals surface area contributed by atoms with Crippen LogP contribution in [0.1, 0.15) is 5.56 Å². The van der Waals surface area contributed by atoms with Gasteiger partial charge in [0, 0.05) is 22.1 Å². The second-order valence-electron chi connectivity index (χ2n) is 5.74. The lowest BCUT2D eigenvalue weighted by Gasteiger charge is -2.23. The summed E-state index contributed by atoms with van der Waals surface area (Å²) in [5.41, 5.74) is 7.18. The smallest absolute Gasteiger partial charge is 0.161 e. The van der Waals surface area contributed by atoms with E-state index in [0.29, 0.717) is 12.7 Å². The monoisotopic (exact) mass is 409 g/mol. The predicted octanol–water partition coefficient (Wildman–Crippen LogP) is 4.97. The molecular weight excluding hydrogens is 395 g/mol. The minimum atomic E-state index is -1.16. The van der Waals surface area contributed by atoms with Crippen LogP contribution in [0.3, 0.4) is 0 Å². The molecule has 0 aromatic heterocycles. The molecule has 1 aliphatic rings. The molecule has 130 valence electrons. The summed E-state index contributed by atoms with van der Waals surface area (Å²) in [5.74, 6) is -1.98. The molecule has 25 heavy (non-hydrogen) atoms. The molecule has 0 saturated heterocycles. The summed E-state index contributed by atoms with van der Waals surface area (Å²) in [5, 5.41) is 2.47. The molecule has 0 aliphatic carbocycles. The van der Waals surface area contributed by atoms with Crippen LogP contribution in [-0.2, 0) is 6.42 Å². The van der Waals surface area contributed by atoms with Gasteiger partial charge in [-0.15, -0.1) is 0 Å². The second kappa shape index (κ2) is 7.45. The highest BCUT2D eigenvalue weighted by atomic mass is 79.9. The molecule has 2 nitrogen and oxygen atoms in total. The number of hydrogen-bond acceptors (Lipinski definition) is 2. The number of rotatable bonds is 0. The van der Waals surface area contributed by atoms with E-state index in [1.54, 1.807) is 0 Å². The van der Waals surface area contributed by atoms with Crippen LogP contribution in [0.25, 0.3) is 10.8 Å². The van der Waals surface area contributed by atoms with Gasteiger partial charge in [-0.25, -0.2) is 13.2 Å². The lowest BCUT2D eigenvalue weighted by molar-refractivity contribution is 0.264. The Balaban J connectivity index is 0.000000173. The first-order valence-electron chi connectivity index (χ1n) is 7.64. The summed E-state index contributed by atoms with van der Waals surface area (Å²) >= 11 is 3.50. The Morgan fingerprint density at radius 1 is 0.960 bits per heavy atom. The molecule has 0 amide bonds. The van der Waals surface area contributed by atoms with Crippen LogP contribution >= 0.6 is 15.9 Å². The van der Waals surface area contributed by atoms with Gasteiger partial charge in [0.1, 0.15) is 18.2 Å². The molecule has 0 spiro atoms. The molecule has 2 N–H and O–H groups in total. The quantitative estimate of drug-likeness (QED) is 0.532. The number of halogens is 4. The van der Waals surface area contributed by atoms with Crippen molar-refractivity contribution in [2.24, 2.45) is 5.73 Å². The summed E-state index contributed by atoms with van der Waals surface area (Å²) in [7, 11) is 0. The number of ether oxygens (including phenoxy) is 1. The molecule has 3 aromatic rings. The van der Waals surface area contributed by atoms with Crippen molar-refractivity contribution in [1.29, 1.82) is 0 Å². The minimum absolute atomic E-state index is 0.108. The van der Waals surface area contributed by atoms with E-state index in [2.05, 4.69) is 40.2 Å². The van der Waals surface area contributed by atoms with Gasteiger partial charge in [0.15, 0.2) is 11.6 Å². The Morgan fingerprint density at radius 3 is 2.44 bits per heavy atom. The fraction of sp³-hybridized carbons (Fsp3) is 0.158. The Labute approximate surface area is 151 Å². The zero-order valence-corrected chi connectivity index (χ0v) is 14.7. The van der Waals surface area contributed by atoms with E-state index in [0.717, 1.165) is 28.8 Å². The molecule has 4 rings (SSSR count). The maximum Gasteiger partial charge on any atom is 0.161 e. The number of fused-ring (bicyclic) bond motifs is 3. The molecule has 0 fully saturated rings. The summed E-state index contributed by atoms with van der Waals surface area (Å²) in [6.45, 7) is 0.618. The van der Waals surface area contributed by atoms with Gasteiger partial charge < -0.3 is 10.5 Å². The number of benzene rings is 3. The number of hydrogen-bond donors (Lipinski definition) is 1. The zero-order valence-electron chi connectivity index (χ0n) is 13.1. The van der Waals surface area contributed by atoms with Gasteiger partial charge in [-0.2, -0.15) is 0 Å². The normalized spacial score (nSPS) is 15.8. The third kappa shape index (κ3) is 4.14. The van der Waals surface area contributed by atoms with Crippen molar-refractivity contribution in [3.8, 4) is 5.75 Å². The van der Waals surface area contributed by atoms with Gasteiger partial charge in [0.05, 0.1) is 0 Å². The molecular formula is C19H15BrF3NO. The summed E-state index contributed by atoms with van der Waals surface area (Å²) < 4.78 is 42.6. The van der Waals surface area contributed by atoms with Gasteiger partial charge in [0.25, 0.3) is 0 Å². The molecule has 0 saturated carbocycles. The van der Waals surface area contributed by atoms with Gasteiger partial charge in [-0.05, 0) is 47.5 Å². The van der Waals surface area contributed by atoms with E-state index < -0.39 is 17.5 Å². The minimum Gasteiger partial charge on any atom is -0.492 e. The van der Waals surface area contributed by atoms with Gasteiger partial charge in [0.2, 0.25) is 0 Å². The van der Waals surface area contributed by atoms with Crippen molar-refractivity contribution in [3.63, 3.8) is 0 Å². The molecule has 1 aliphatic heterocycles. The third-order valence-electron chi connectivity index (χ3n) is 3.85. The van der Waals surface area contributed by atoms with Crippen molar-refractivity contribution in [2.75, 3.05) is 6.61 Å². The van der Waals surface area contributed by atoms with Crippen LogP contribution in [0.4, 0.5) is 13.2 Å². The Hall–Kier alpha value is -2.05. The fourth-order valence-corrected chi connectivity index (χ4v) is 3.03. The highest BCUT2D eigenvalue weighted by Crippen LogP contribution is 2.33. The van der Waals surface area contributed by atoms with E-state index in [1.165, 1.54) is 16.3 Å². The highest BCUT2D eigenvalue weighted by molar-refractivity contribution is 9.10. The van der Waals surface area contributed by atoms with Gasteiger partial charge in [-0.3, -0.25) is 0 Å². The first kappa shape index (κ1) is 17.8.